The molecule has 0 radical (unpaired) electrons. The fraction of sp³-hybridized carbons (Fsp3) is 0.167. The van der Waals surface area contributed by atoms with Crippen molar-refractivity contribution >= 4 is 17.6 Å². The van der Waals surface area contributed by atoms with Crippen molar-refractivity contribution in [2.24, 2.45) is 0 Å². The predicted molar refractivity (Wildman–Crippen MR) is 85.8 cm³/mol. The largest absolute Gasteiger partial charge is 0.505 e. The molecule has 0 bridgehead atoms. The summed E-state index contributed by atoms with van der Waals surface area (Å²) >= 11 is 5.87. The topological polar surface area (TPSA) is 55.8 Å². The Balaban J connectivity index is 1.86. The van der Waals surface area contributed by atoms with Crippen LogP contribution in [0.3, 0.4) is 0 Å². The van der Waals surface area contributed by atoms with E-state index in [1.807, 2.05) is 30.3 Å². The standard InChI is InChI=1S/C18H15ClO4/c1-18(13-7-9-14(19)10-8-13)16(20)15(17(21)23-18)22-11-12-5-3-2-4-6-12/h2-10,20H,11H2,1H3. The molecule has 1 aliphatic heterocycles. The van der Waals surface area contributed by atoms with Crippen molar-refractivity contribution in [2.45, 2.75) is 19.1 Å². The van der Waals surface area contributed by atoms with Crippen LogP contribution in [0.2, 0.25) is 5.02 Å². The van der Waals surface area contributed by atoms with Crippen LogP contribution in [0, 0.1) is 0 Å². The molecule has 0 saturated heterocycles. The average Bonchev–Trinajstić information content (AvgIpc) is 2.77. The zero-order chi connectivity index (χ0) is 16.4. The van der Waals surface area contributed by atoms with E-state index >= 15 is 0 Å². The van der Waals surface area contributed by atoms with Crippen molar-refractivity contribution in [1.29, 1.82) is 0 Å². The number of ether oxygens (including phenoxy) is 2. The summed E-state index contributed by atoms with van der Waals surface area (Å²) in [5.41, 5.74) is 0.236. The van der Waals surface area contributed by atoms with E-state index in [-0.39, 0.29) is 18.1 Å². The maximum absolute atomic E-state index is 12.1. The van der Waals surface area contributed by atoms with Crippen molar-refractivity contribution in [1.82, 2.24) is 0 Å². The molecule has 0 fully saturated rings. The van der Waals surface area contributed by atoms with Gasteiger partial charge in [0.05, 0.1) is 0 Å². The van der Waals surface area contributed by atoms with Crippen molar-refractivity contribution in [3.63, 3.8) is 0 Å². The van der Waals surface area contributed by atoms with Gasteiger partial charge in [0.1, 0.15) is 6.61 Å². The summed E-state index contributed by atoms with van der Waals surface area (Å²) in [5, 5.41) is 11.0. The summed E-state index contributed by atoms with van der Waals surface area (Å²) in [4.78, 5) is 12.1. The second kappa shape index (κ2) is 5.97. The zero-order valence-electron chi connectivity index (χ0n) is 12.5. The van der Waals surface area contributed by atoms with E-state index in [0.29, 0.717) is 10.6 Å². The Morgan fingerprint density at radius 3 is 2.43 bits per heavy atom. The SMILES string of the molecule is CC1(c2ccc(Cl)cc2)OC(=O)C(OCc2ccccc2)=C1O. The molecule has 0 amide bonds. The van der Waals surface area contributed by atoms with Crippen LogP contribution in [-0.4, -0.2) is 11.1 Å². The summed E-state index contributed by atoms with van der Waals surface area (Å²) < 4.78 is 10.8. The highest BCUT2D eigenvalue weighted by Crippen LogP contribution is 2.40. The van der Waals surface area contributed by atoms with Gasteiger partial charge in [-0.3, -0.25) is 0 Å². The van der Waals surface area contributed by atoms with E-state index in [9.17, 15) is 9.90 Å². The number of carbonyl (C=O) groups excluding carboxylic acids is 1. The van der Waals surface area contributed by atoms with Crippen LogP contribution in [0.25, 0.3) is 0 Å². The molecule has 1 aliphatic rings. The number of benzene rings is 2. The number of halogens is 1. The summed E-state index contributed by atoms with van der Waals surface area (Å²) in [7, 11) is 0. The molecule has 0 aromatic heterocycles. The maximum Gasteiger partial charge on any atom is 0.378 e. The molecule has 2 aromatic carbocycles. The van der Waals surface area contributed by atoms with Gasteiger partial charge in [0.25, 0.3) is 0 Å². The number of aliphatic hydroxyl groups is 1. The Hall–Kier alpha value is -2.46. The molecule has 118 valence electrons. The average molecular weight is 331 g/mol. The predicted octanol–water partition coefficient (Wildman–Crippen LogP) is 4.10. The minimum absolute atomic E-state index is 0.161. The van der Waals surface area contributed by atoms with Crippen LogP contribution in [0.5, 0.6) is 0 Å². The highest BCUT2D eigenvalue weighted by atomic mass is 35.5. The molecule has 5 heteroatoms. The van der Waals surface area contributed by atoms with Gasteiger partial charge in [0, 0.05) is 10.6 Å². The molecule has 23 heavy (non-hydrogen) atoms. The summed E-state index contributed by atoms with van der Waals surface area (Å²) in [5.74, 6) is -1.08. The molecular formula is C18H15ClO4. The number of hydrogen-bond donors (Lipinski definition) is 1. The third-order valence-electron chi connectivity index (χ3n) is 3.77. The molecule has 1 heterocycles. The first kappa shape index (κ1) is 15.4. The molecule has 4 nitrogen and oxygen atoms in total. The van der Waals surface area contributed by atoms with Crippen molar-refractivity contribution in [3.8, 4) is 0 Å². The Morgan fingerprint density at radius 1 is 1.13 bits per heavy atom. The second-order valence-corrected chi connectivity index (χ2v) is 5.82. The molecule has 1 N–H and O–H groups in total. The van der Waals surface area contributed by atoms with Crippen LogP contribution in [-0.2, 0) is 26.5 Å². The number of hydrogen-bond acceptors (Lipinski definition) is 4. The van der Waals surface area contributed by atoms with Crippen LogP contribution < -0.4 is 0 Å². The smallest absolute Gasteiger partial charge is 0.378 e. The van der Waals surface area contributed by atoms with Crippen LogP contribution >= 0.6 is 11.6 Å². The van der Waals surface area contributed by atoms with Crippen molar-refractivity contribution < 1.29 is 19.4 Å². The number of carbonyl (C=O) groups is 1. The highest BCUT2D eigenvalue weighted by Gasteiger charge is 2.47. The Kier molecular flexibility index (Phi) is 4.01. The number of rotatable bonds is 4. The first-order valence-electron chi connectivity index (χ1n) is 7.10. The van der Waals surface area contributed by atoms with Gasteiger partial charge in [-0.25, -0.2) is 4.79 Å². The van der Waals surface area contributed by atoms with E-state index in [1.165, 1.54) is 0 Å². The summed E-state index contributed by atoms with van der Waals surface area (Å²) in [6, 6.07) is 16.1. The lowest BCUT2D eigenvalue weighted by molar-refractivity contribution is -0.150. The van der Waals surface area contributed by atoms with E-state index in [0.717, 1.165) is 5.56 Å². The lowest BCUT2D eigenvalue weighted by atomic mass is 9.94. The molecule has 0 aliphatic carbocycles. The highest BCUT2D eigenvalue weighted by molar-refractivity contribution is 6.30. The van der Waals surface area contributed by atoms with E-state index in [4.69, 9.17) is 21.1 Å². The van der Waals surface area contributed by atoms with Crippen LogP contribution in [0.1, 0.15) is 18.1 Å². The van der Waals surface area contributed by atoms with Gasteiger partial charge in [0.2, 0.25) is 5.76 Å². The fourth-order valence-corrected chi connectivity index (χ4v) is 2.54. The van der Waals surface area contributed by atoms with Gasteiger partial charge in [-0.2, -0.15) is 0 Å². The monoisotopic (exact) mass is 330 g/mol. The second-order valence-electron chi connectivity index (χ2n) is 5.38. The Bertz CT molecular complexity index is 752. The number of esters is 1. The van der Waals surface area contributed by atoms with E-state index in [2.05, 4.69) is 0 Å². The van der Waals surface area contributed by atoms with Gasteiger partial charge < -0.3 is 14.6 Å². The third kappa shape index (κ3) is 2.90. The van der Waals surface area contributed by atoms with Crippen LogP contribution in [0.4, 0.5) is 0 Å². The van der Waals surface area contributed by atoms with E-state index < -0.39 is 11.6 Å². The van der Waals surface area contributed by atoms with Crippen molar-refractivity contribution in [2.75, 3.05) is 0 Å². The first-order chi connectivity index (χ1) is 11.0. The fourth-order valence-electron chi connectivity index (χ4n) is 2.41. The van der Waals surface area contributed by atoms with Gasteiger partial charge >= 0.3 is 5.97 Å². The lowest BCUT2D eigenvalue weighted by Crippen LogP contribution is -2.25. The minimum atomic E-state index is -1.27. The Labute approximate surface area is 138 Å². The van der Waals surface area contributed by atoms with Gasteiger partial charge in [-0.1, -0.05) is 54.1 Å². The lowest BCUT2D eigenvalue weighted by Gasteiger charge is -2.23. The quantitative estimate of drug-likeness (QED) is 0.857. The molecule has 1 atom stereocenters. The van der Waals surface area contributed by atoms with Gasteiger partial charge in [-0.15, -0.1) is 0 Å². The molecule has 0 saturated carbocycles. The molecule has 3 rings (SSSR count). The van der Waals surface area contributed by atoms with Gasteiger partial charge in [-0.05, 0) is 24.6 Å². The van der Waals surface area contributed by atoms with Crippen molar-refractivity contribution in [3.05, 3.63) is 82.3 Å². The molecule has 0 spiro atoms. The minimum Gasteiger partial charge on any atom is -0.505 e. The summed E-state index contributed by atoms with van der Waals surface area (Å²) in [6.07, 6.45) is 0. The number of cyclic esters (lactones) is 1. The van der Waals surface area contributed by atoms with Crippen LogP contribution in [0.15, 0.2) is 66.1 Å². The molecule has 2 aromatic rings. The molecule has 1 unspecified atom stereocenters. The maximum atomic E-state index is 12.1. The Morgan fingerprint density at radius 2 is 1.78 bits per heavy atom. The third-order valence-corrected chi connectivity index (χ3v) is 4.02. The number of aliphatic hydroxyl groups excluding tert-OH is 1. The van der Waals surface area contributed by atoms with E-state index in [1.54, 1.807) is 31.2 Å². The summed E-state index contributed by atoms with van der Waals surface area (Å²) in [6.45, 7) is 1.79. The first-order valence-corrected chi connectivity index (χ1v) is 7.48. The van der Waals surface area contributed by atoms with Gasteiger partial charge in [0.15, 0.2) is 11.4 Å². The molecular weight excluding hydrogens is 316 g/mol. The normalized spacial score (nSPS) is 20.5. The zero-order valence-corrected chi connectivity index (χ0v) is 13.2.